The number of carbonyl (C=O) groups is 1. The van der Waals surface area contributed by atoms with Crippen molar-refractivity contribution < 1.29 is 9.53 Å². The zero-order valence-electron chi connectivity index (χ0n) is 15.7. The second-order valence-corrected chi connectivity index (χ2v) is 7.78. The Kier molecular flexibility index (Phi) is 5.19. The van der Waals surface area contributed by atoms with E-state index in [4.69, 9.17) is 4.74 Å². The van der Waals surface area contributed by atoms with Crippen molar-refractivity contribution in [3.63, 3.8) is 0 Å². The standard InChI is InChI=1S/C19H21N5O3S/c1-12(10-27-2)21-16(25)8-14-11-28-19-22-17-15(18(26)23(14)19)9-20-24(17)13-6-4-3-5-7-13/h3-7,9,12,14H,8,10-11H2,1-2H3,(H,21,25). The van der Waals surface area contributed by atoms with Crippen LogP contribution in [0.1, 0.15) is 19.4 Å². The highest BCUT2D eigenvalue weighted by Crippen LogP contribution is 2.33. The second-order valence-electron chi connectivity index (χ2n) is 6.79. The van der Waals surface area contributed by atoms with Crippen LogP contribution in [0.3, 0.4) is 0 Å². The van der Waals surface area contributed by atoms with Crippen LogP contribution in [-0.4, -0.2) is 50.8 Å². The van der Waals surface area contributed by atoms with E-state index in [1.165, 1.54) is 11.8 Å². The Labute approximate surface area is 165 Å². The molecule has 0 saturated heterocycles. The number of rotatable bonds is 6. The van der Waals surface area contributed by atoms with Crippen LogP contribution in [0.5, 0.6) is 0 Å². The summed E-state index contributed by atoms with van der Waals surface area (Å²) < 4.78 is 8.34. The molecule has 0 aliphatic carbocycles. The van der Waals surface area contributed by atoms with Crippen LogP contribution in [0, 0.1) is 0 Å². The van der Waals surface area contributed by atoms with Gasteiger partial charge in [0.1, 0.15) is 5.39 Å². The van der Waals surface area contributed by atoms with Gasteiger partial charge in [-0.1, -0.05) is 30.0 Å². The van der Waals surface area contributed by atoms with Gasteiger partial charge in [-0.05, 0) is 19.1 Å². The molecule has 3 aromatic rings. The second kappa shape index (κ2) is 7.76. The van der Waals surface area contributed by atoms with E-state index < -0.39 is 0 Å². The zero-order valence-corrected chi connectivity index (χ0v) is 16.5. The minimum Gasteiger partial charge on any atom is -0.383 e. The van der Waals surface area contributed by atoms with E-state index in [2.05, 4.69) is 15.4 Å². The fourth-order valence-corrected chi connectivity index (χ4v) is 4.51. The van der Waals surface area contributed by atoms with Gasteiger partial charge in [0.25, 0.3) is 5.56 Å². The van der Waals surface area contributed by atoms with Crippen LogP contribution in [0.25, 0.3) is 16.7 Å². The molecule has 3 heterocycles. The molecular formula is C19H21N5O3S. The molecule has 0 fully saturated rings. The zero-order chi connectivity index (χ0) is 19.7. The SMILES string of the molecule is COCC(C)NC(=O)CC1CSc2nc3c(cnn3-c3ccccc3)c(=O)n21. The maximum atomic E-state index is 13.1. The lowest BCUT2D eigenvalue weighted by Crippen LogP contribution is -2.37. The molecule has 8 nitrogen and oxygen atoms in total. The fraction of sp³-hybridized carbons (Fsp3) is 0.368. The molecule has 9 heteroatoms. The number of carbonyl (C=O) groups excluding carboxylic acids is 1. The maximum Gasteiger partial charge on any atom is 0.265 e. The van der Waals surface area contributed by atoms with Crippen LogP contribution in [0.4, 0.5) is 0 Å². The summed E-state index contributed by atoms with van der Waals surface area (Å²) in [5, 5.41) is 8.32. The first-order valence-corrected chi connectivity index (χ1v) is 10.0. The summed E-state index contributed by atoms with van der Waals surface area (Å²) in [6.45, 7) is 2.33. The highest BCUT2D eigenvalue weighted by molar-refractivity contribution is 7.99. The minimum atomic E-state index is -0.223. The molecule has 2 atom stereocenters. The predicted molar refractivity (Wildman–Crippen MR) is 107 cm³/mol. The molecule has 1 aromatic carbocycles. The van der Waals surface area contributed by atoms with Gasteiger partial charge in [-0.15, -0.1) is 0 Å². The summed E-state index contributed by atoms with van der Waals surface area (Å²) in [6, 6.07) is 9.29. The number of thioether (sulfide) groups is 1. The Hall–Kier alpha value is -2.65. The summed E-state index contributed by atoms with van der Waals surface area (Å²) in [4.78, 5) is 30.1. The summed E-state index contributed by atoms with van der Waals surface area (Å²) in [7, 11) is 1.60. The number of methoxy groups -OCH3 is 1. The number of hydrogen-bond donors (Lipinski definition) is 1. The Morgan fingerprint density at radius 3 is 2.93 bits per heavy atom. The lowest BCUT2D eigenvalue weighted by Gasteiger charge is -2.16. The van der Waals surface area contributed by atoms with Gasteiger partial charge in [0.2, 0.25) is 5.91 Å². The summed E-state index contributed by atoms with van der Waals surface area (Å²) >= 11 is 1.49. The monoisotopic (exact) mass is 399 g/mol. The first-order chi connectivity index (χ1) is 13.6. The van der Waals surface area contributed by atoms with E-state index in [1.807, 2.05) is 37.3 Å². The molecule has 2 unspecified atom stereocenters. The summed E-state index contributed by atoms with van der Waals surface area (Å²) in [5.41, 5.74) is 1.23. The third-order valence-corrected chi connectivity index (χ3v) is 5.71. The van der Waals surface area contributed by atoms with Gasteiger partial charge in [0.05, 0.1) is 24.5 Å². The number of fused-ring (bicyclic) bond motifs is 2. The Bertz CT molecular complexity index is 1060. The number of para-hydroxylation sites is 1. The smallest absolute Gasteiger partial charge is 0.265 e. The average molecular weight is 399 g/mol. The number of amides is 1. The number of nitrogens with zero attached hydrogens (tertiary/aromatic N) is 4. The molecule has 0 radical (unpaired) electrons. The predicted octanol–water partition coefficient (Wildman–Crippen LogP) is 1.77. The Morgan fingerprint density at radius 2 is 2.18 bits per heavy atom. The van der Waals surface area contributed by atoms with E-state index in [-0.39, 0.29) is 30.0 Å². The van der Waals surface area contributed by atoms with Crippen molar-refractivity contribution in [1.29, 1.82) is 0 Å². The maximum absolute atomic E-state index is 13.1. The molecule has 1 amide bonds. The van der Waals surface area contributed by atoms with Crippen molar-refractivity contribution in [3.05, 3.63) is 46.9 Å². The van der Waals surface area contributed by atoms with Crippen molar-refractivity contribution in [3.8, 4) is 5.69 Å². The van der Waals surface area contributed by atoms with Crippen molar-refractivity contribution >= 4 is 28.7 Å². The lowest BCUT2D eigenvalue weighted by atomic mass is 10.2. The quantitative estimate of drug-likeness (QED) is 0.636. The van der Waals surface area contributed by atoms with E-state index in [0.29, 0.717) is 28.5 Å². The molecule has 146 valence electrons. The van der Waals surface area contributed by atoms with E-state index in [9.17, 15) is 9.59 Å². The first-order valence-electron chi connectivity index (χ1n) is 9.05. The van der Waals surface area contributed by atoms with Crippen molar-refractivity contribution in [1.82, 2.24) is 24.6 Å². The molecule has 4 rings (SSSR count). The number of ether oxygens (including phenoxy) is 1. The molecule has 2 aromatic heterocycles. The summed E-state index contributed by atoms with van der Waals surface area (Å²) in [5.74, 6) is 0.537. The number of hydrogen-bond acceptors (Lipinski definition) is 6. The molecule has 1 N–H and O–H groups in total. The van der Waals surface area contributed by atoms with Crippen LogP contribution < -0.4 is 10.9 Å². The Morgan fingerprint density at radius 1 is 1.39 bits per heavy atom. The minimum absolute atomic E-state index is 0.0764. The van der Waals surface area contributed by atoms with Crippen molar-refractivity contribution in [2.24, 2.45) is 0 Å². The topological polar surface area (TPSA) is 91.0 Å². The summed E-state index contributed by atoms with van der Waals surface area (Å²) in [6.07, 6.45) is 1.78. The van der Waals surface area contributed by atoms with E-state index in [1.54, 1.807) is 22.6 Å². The first kappa shape index (κ1) is 18.7. The average Bonchev–Trinajstić information content (AvgIpc) is 3.27. The van der Waals surface area contributed by atoms with Crippen molar-refractivity contribution in [2.75, 3.05) is 19.5 Å². The molecule has 1 aliphatic heterocycles. The highest BCUT2D eigenvalue weighted by atomic mass is 32.2. The van der Waals surface area contributed by atoms with Gasteiger partial charge in [-0.2, -0.15) is 5.10 Å². The molecule has 28 heavy (non-hydrogen) atoms. The van der Waals surface area contributed by atoms with Crippen LogP contribution in [0.2, 0.25) is 0 Å². The molecular weight excluding hydrogens is 378 g/mol. The third kappa shape index (κ3) is 3.43. The number of aromatic nitrogens is 4. The van der Waals surface area contributed by atoms with Crippen LogP contribution in [-0.2, 0) is 9.53 Å². The molecule has 1 aliphatic rings. The van der Waals surface area contributed by atoms with Crippen molar-refractivity contribution in [2.45, 2.75) is 30.6 Å². The molecule has 0 bridgehead atoms. The normalized spacial score (nSPS) is 16.9. The highest BCUT2D eigenvalue weighted by Gasteiger charge is 2.29. The molecule has 0 spiro atoms. The van der Waals surface area contributed by atoms with Gasteiger partial charge in [-0.25, -0.2) is 9.67 Å². The van der Waals surface area contributed by atoms with Gasteiger partial charge in [0, 0.05) is 25.3 Å². The number of nitrogens with one attached hydrogen (secondary N) is 1. The lowest BCUT2D eigenvalue weighted by molar-refractivity contribution is -0.122. The van der Waals surface area contributed by atoms with E-state index in [0.717, 1.165) is 5.69 Å². The van der Waals surface area contributed by atoms with E-state index >= 15 is 0 Å². The third-order valence-electron chi connectivity index (χ3n) is 4.62. The molecule has 0 saturated carbocycles. The van der Waals surface area contributed by atoms with Gasteiger partial charge >= 0.3 is 0 Å². The largest absolute Gasteiger partial charge is 0.383 e. The Balaban J connectivity index is 1.64. The van der Waals surface area contributed by atoms with Gasteiger partial charge in [0.15, 0.2) is 10.8 Å². The number of benzene rings is 1. The fourth-order valence-electron chi connectivity index (χ4n) is 3.38. The van der Waals surface area contributed by atoms with Gasteiger partial charge in [-0.3, -0.25) is 14.2 Å². The van der Waals surface area contributed by atoms with Crippen LogP contribution >= 0.6 is 11.8 Å². The van der Waals surface area contributed by atoms with Crippen LogP contribution in [0.15, 0.2) is 46.5 Å². The van der Waals surface area contributed by atoms with Gasteiger partial charge < -0.3 is 10.1 Å².